The maximum Gasteiger partial charge on any atom is 0.263 e. The van der Waals surface area contributed by atoms with Crippen LogP contribution in [0.15, 0.2) is 53.2 Å². The van der Waals surface area contributed by atoms with E-state index in [1.54, 1.807) is 24.3 Å². The van der Waals surface area contributed by atoms with Crippen molar-refractivity contribution in [3.63, 3.8) is 0 Å². The maximum absolute atomic E-state index is 12.1. The molecule has 0 saturated carbocycles. The molecule has 2 heterocycles. The molecule has 2 aromatic carbocycles. The summed E-state index contributed by atoms with van der Waals surface area (Å²) in [7, 11) is 0. The first-order valence-corrected chi connectivity index (χ1v) is 9.98. The number of hydrogen-bond donors (Lipinski definition) is 2. The van der Waals surface area contributed by atoms with Crippen molar-refractivity contribution in [1.82, 2.24) is 25.2 Å². The first-order valence-electron chi connectivity index (χ1n) is 9.61. The number of benzene rings is 2. The molecule has 2 aromatic heterocycles. The lowest BCUT2D eigenvalue weighted by Gasteiger charge is -2.07. The molecule has 4 rings (SSSR count). The Kier molecular flexibility index (Phi) is 5.67. The molecule has 8 nitrogen and oxygen atoms in total. The average molecular weight is 425 g/mol. The van der Waals surface area contributed by atoms with E-state index in [0.717, 1.165) is 16.5 Å². The lowest BCUT2D eigenvalue weighted by Crippen LogP contribution is -2.29. The van der Waals surface area contributed by atoms with Gasteiger partial charge in [-0.1, -0.05) is 29.8 Å². The van der Waals surface area contributed by atoms with E-state index in [9.17, 15) is 4.79 Å². The van der Waals surface area contributed by atoms with E-state index < -0.39 is 0 Å². The van der Waals surface area contributed by atoms with Gasteiger partial charge in [-0.3, -0.25) is 9.48 Å². The smallest absolute Gasteiger partial charge is 0.263 e. The summed E-state index contributed by atoms with van der Waals surface area (Å²) in [5, 5.41) is 15.7. The van der Waals surface area contributed by atoms with Crippen LogP contribution in [-0.4, -0.2) is 38.9 Å². The number of rotatable bonds is 7. The van der Waals surface area contributed by atoms with Crippen molar-refractivity contribution >= 4 is 34.4 Å². The van der Waals surface area contributed by atoms with Crippen LogP contribution >= 0.6 is 11.6 Å². The number of amides is 1. The minimum atomic E-state index is -0.230. The number of halogens is 1. The second-order valence-corrected chi connectivity index (χ2v) is 7.45. The topological polar surface area (TPSA) is 97.9 Å². The normalized spacial score (nSPS) is 11.2. The minimum absolute atomic E-state index is 0.230. The predicted molar refractivity (Wildman–Crippen MR) is 116 cm³/mol. The summed E-state index contributed by atoms with van der Waals surface area (Å²) in [6.07, 6.45) is 1.84. The number of nitrogens with one attached hydrogen (secondary N) is 2. The molecule has 0 aliphatic carbocycles. The highest BCUT2D eigenvalue weighted by Gasteiger charge is 2.13. The fourth-order valence-corrected chi connectivity index (χ4v) is 3.31. The van der Waals surface area contributed by atoms with Crippen molar-refractivity contribution < 1.29 is 9.32 Å². The zero-order chi connectivity index (χ0) is 21.1. The standard InChI is InChI=1S/C21H21ClN6O2/c1-13(2)28-18-11-14(7-8-15(18)12-25-28)20-26-21(27-30-20)24-10-9-23-19(29)16-5-3-4-6-17(16)22/h3-8,11-13H,9-10H2,1-2H3,(H,23,29)(H,24,27). The van der Waals surface area contributed by atoms with Crippen LogP contribution < -0.4 is 10.6 Å². The third-order valence-corrected chi connectivity index (χ3v) is 4.90. The summed E-state index contributed by atoms with van der Waals surface area (Å²) in [5.41, 5.74) is 2.27. The second kappa shape index (κ2) is 8.54. The van der Waals surface area contributed by atoms with Crippen LogP contribution in [0.5, 0.6) is 0 Å². The molecule has 1 amide bonds. The molecule has 30 heavy (non-hydrogen) atoms. The molecule has 0 fully saturated rings. The van der Waals surface area contributed by atoms with E-state index in [1.165, 1.54) is 0 Å². The number of fused-ring (bicyclic) bond motifs is 1. The Hall–Kier alpha value is -3.39. The molecule has 0 radical (unpaired) electrons. The summed E-state index contributed by atoms with van der Waals surface area (Å²) < 4.78 is 7.34. The van der Waals surface area contributed by atoms with Gasteiger partial charge in [0.1, 0.15) is 0 Å². The van der Waals surface area contributed by atoms with E-state index in [1.807, 2.05) is 29.1 Å². The van der Waals surface area contributed by atoms with E-state index in [2.05, 4.69) is 39.7 Å². The van der Waals surface area contributed by atoms with Gasteiger partial charge in [0.25, 0.3) is 17.7 Å². The quantitative estimate of drug-likeness (QED) is 0.432. The summed E-state index contributed by atoms with van der Waals surface area (Å²) >= 11 is 6.03. The Balaban J connectivity index is 1.36. The van der Waals surface area contributed by atoms with Gasteiger partial charge in [-0.2, -0.15) is 10.1 Å². The third-order valence-electron chi connectivity index (χ3n) is 4.57. The molecule has 0 saturated heterocycles. The van der Waals surface area contributed by atoms with Gasteiger partial charge in [0.2, 0.25) is 0 Å². The Morgan fingerprint density at radius 3 is 2.83 bits per heavy atom. The number of anilines is 1. The zero-order valence-electron chi connectivity index (χ0n) is 16.6. The molecule has 0 aliphatic rings. The number of carbonyl (C=O) groups is 1. The van der Waals surface area contributed by atoms with E-state index in [4.69, 9.17) is 16.1 Å². The lowest BCUT2D eigenvalue weighted by molar-refractivity contribution is 0.0955. The number of hydrogen-bond acceptors (Lipinski definition) is 6. The highest BCUT2D eigenvalue weighted by molar-refractivity contribution is 6.33. The van der Waals surface area contributed by atoms with Gasteiger partial charge < -0.3 is 15.2 Å². The van der Waals surface area contributed by atoms with Gasteiger partial charge in [0, 0.05) is 30.1 Å². The monoisotopic (exact) mass is 424 g/mol. The molecule has 9 heteroatoms. The van der Waals surface area contributed by atoms with Gasteiger partial charge >= 0.3 is 0 Å². The van der Waals surface area contributed by atoms with Gasteiger partial charge in [-0.15, -0.1) is 0 Å². The van der Waals surface area contributed by atoms with Crippen LogP contribution in [0.1, 0.15) is 30.2 Å². The van der Waals surface area contributed by atoms with Gasteiger partial charge in [-0.25, -0.2) is 0 Å². The first-order chi connectivity index (χ1) is 14.5. The summed E-state index contributed by atoms with van der Waals surface area (Å²) in [5.74, 6) is 0.539. The third kappa shape index (κ3) is 4.13. The Labute approximate surface area is 178 Å². The summed E-state index contributed by atoms with van der Waals surface area (Å²) in [6.45, 7) is 4.98. The summed E-state index contributed by atoms with van der Waals surface area (Å²) in [6, 6.07) is 13.1. The molecular weight excluding hydrogens is 404 g/mol. The van der Waals surface area contributed by atoms with Crippen molar-refractivity contribution in [3.8, 4) is 11.5 Å². The largest absolute Gasteiger partial charge is 0.350 e. The molecule has 0 atom stereocenters. The highest BCUT2D eigenvalue weighted by atomic mass is 35.5. The average Bonchev–Trinajstić information content (AvgIpc) is 3.38. The van der Waals surface area contributed by atoms with Gasteiger partial charge in [0.05, 0.1) is 22.3 Å². The molecule has 4 aromatic rings. The zero-order valence-corrected chi connectivity index (χ0v) is 17.3. The van der Waals surface area contributed by atoms with Crippen LogP contribution in [0, 0.1) is 0 Å². The molecule has 0 spiro atoms. The van der Waals surface area contributed by atoms with Gasteiger partial charge in [0.15, 0.2) is 0 Å². The van der Waals surface area contributed by atoms with Crippen LogP contribution in [0.3, 0.4) is 0 Å². The molecule has 0 aliphatic heterocycles. The Bertz CT molecular complexity index is 1180. The molecule has 0 unspecified atom stereocenters. The van der Waals surface area contributed by atoms with Crippen LogP contribution in [-0.2, 0) is 0 Å². The number of aromatic nitrogens is 4. The van der Waals surface area contributed by atoms with E-state index in [0.29, 0.717) is 35.5 Å². The van der Waals surface area contributed by atoms with Crippen molar-refractivity contribution in [2.75, 3.05) is 18.4 Å². The van der Waals surface area contributed by atoms with Crippen molar-refractivity contribution in [1.29, 1.82) is 0 Å². The fourth-order valence-electron chi connectivity index (χ4n) is 3.09. The molecule has 0 bridgehead atoms. The predicted octanol–water partition coefficient (Wildman–Crippen LogP) is 4.16. The lowest BCUT2D eigenvalue weighted by atomic mass is 10.1. The first kappa shape index (κ1) is 19.9. The Morgan fingerprint density at radius 1 is 1.20 bits per heavy atom. The second-order valence-electron chi connectivity index (χ2n) is 7.04. The molecule has 154 valence electrons. The van der Waals surface area contributed by atoms with Crippen LogP contribution in [0.2, 0.25) is 5.02 Å². The number of carbonyl (C=O) groups excluding carboxylic acids is 1. The van der Waals surface area contributed by atoms with Crippen molar-refractivity contribution in [3.05, 3.63) is 59.2 Å². The van der Waals surface area contributed by atoms with Crippen LogP contribution in [0.4, 0.5) is 5.95 Å². The number of nitrogens with zero attached hydrogens (tertiary/aromatic N) is 4. The fraction of sp³-hybridized carbons (Fsp3) is 0.238. The van der Waals surface area contributed by atoms with Crippen molar-refractivity contribution in [2.24, 2.45) is 0 Å². The molecular formula is C21H21ClN6O2. The maximum atomic E-state index is 12.1. The van der Waals surface area contributed by atoms with Gasteiger partial charge in [-0.05, 0) is 43.3 Å². The highest BCUT2D eigenvalue weighted by Crippen LogP contribution is 2.25. The Morgan fingerprint density at radius 2 is 2.03 bits per heavy atom. The van der Waals surface area contributed by atoms with E-state index in [-0.39, 0.29) is 11.9 Å². The van der Waals surface area contributed by atoms with Crippen LogP contribution in [0.25, 0.3) is 22.4 Å². The van der Waals surface area contributed by atoms with Crippen molar-refractivity contribution in [2.45, 2.75) is 19.9 Å². The molecule has 2 N–H and O–H groups in total. The summed E-state index contributed by atoms with van der Waals surface area (Å²) in [4.78, 5) is 16.5. The van der Waals surface area contributed by atoms with E-state index >= 15 is 0 Å². The SMILES string of the molecule is CC(C)n1ncc2ccc(-c3nc(NCCNC(=O)c4ccccc4Cl)no3)cc21. The minimum Gasteiger partial charge on any atom is -0.350 e.